The predicted octanol–water partition coefficient (Wildman–Crippen LogP) is 2.08. The lowest BCUT2D eigenvalue weighted by Gasteiger charge is -2.16. The fourth-order valence-electron chi connectivity index (χ4n) is 2.58. The number of hydrogen-bond acceptors (Lipinski definition) is 5. The number of ether oxygens (including phenoxy) is 1. The van der Waals surface area contributed by atoms with Crippen LogP contribution in [0.25, 0.3) is 0 Å². The van der Waals surface area contributed by atoms with Crippen LogP contribution in [0.5, 0.6) is 5.75 Å². The molecule has 1 aliphatic rings. The Morgan fingerprint density at radius 2 is 1.85 bits per heavy atom. The summed E-state index contributed by atoms with van der Waals surface area (Å²) in [7, 11) is -2.20. The van der Waals surface area contributed by atoms with E-state index in [4.69, 9.17) is 10.5 Å². The highest BCUT2D eigenvalue weighted by Crippen LogP contribution is 2.30. The fourth-order valence-corrected chi connectivity index (χ4v) is 3.91. The van der Waals surface area contributed by atoms with Crippen molar-refractivity contribution in [3.8, 4) is 5.75 Å². The smallest absolute Gasteiger partial charge is 0.245 e. The maximum atomic E-state index is 12.6. The van der Waals surface area contributed by atoms with Crippen LogP contribution in [0.4, 0.5) is 5.69 Å². The van der Waals surface area contributed by atoms with Crippen LogP contribution in [-0.2, 0) is 14.8 Å². The predicted molar refractivity (Wildman–Crippen MR) is 103 cm³/mol. The van der Waals surface area contributed by atoms with Crippen molar-refractivity contribution in [2.75, 3.05) is 12.4 Å². The number of sulfonamides is 1. The summed E-state index contributed by atoms with van der Waals surface area (Å²) in [4.78, 5) is 12.6. The SMILES string of the molecule is COc1ccc(S(=O)(=O)NC2CC2)cc1NC(=O)C(N)c1ccc(C)cc1. The van der Waals surface area contributed by atoms with Crippen molar-refractivity contribution in [1.82, 2.24) is 4.72 Å². The van der Waals surface area contributed by atoms with Crippen LogP contribution in [0.3, 0.4) is 0 Å². The van der Waals surface area contributed by atoms with Crippen LogP contribution in [0.1, 0.15) is 30.0 Å². The number of amides is 1. The molecule has 8 heteroatoms. The number of anilines is 1. The maximum Gasteiger partial charge on any atom is 0.245 e. The minimum absolute atomic E-state index is 0.00916. The average molecular weight is 389 g/mol. The van der Waals surface area contributed by atoms with Gasteiger partial charge in [0, 0.05) is 6.04 Å². The van der Waals surface area contributed by atoms with Crippen LogP contribution in [0, 0.1) is 6.92 Å². The van der Waals surface area contributed by atoms with Gasteiger partial charge in [0.2, 0.25) is 15.9 Å². The molecule has 144 valence electrons. The van der Waals surface area contributed by atoms with Gasteiger partial charge in [-0.2, -0.15) is 0 Å². The van der Waals surface area contributed by atoms with Gasteiger partial charge in [-0.25, -0.2) is 13.1 Å². The Hall–Kier alpha value is -2.42. The zero-order valence-corrected chi connectivity index (χ0v) is 16.0. The number of hydrogen-bond donors (Lipinski definition) is 3. The van der Waals surface area contributed by atoms with Gasteiger partial charge in [-0.05, 0) is 43.5 Å². The normalized spacial score (nSPS) is 15.2. The molecule has 0 aliphatic heterocycles. The molecule has 1 atom stereocenters. The van der Waals surface area contributed by atoms with Crippen LogP contribution in [0.15, 0.2) is 47.4 Å². The van der Waals surface area contributed by atoms with E-state index in [1.165, 1.54) is 25.3 Å². The number of rotatable bonds is 7. The standard InChI is InChI=1S/C19H23N3O4S/c1-12-3-5-13(6-4-12)18(20)19(23)21-16-11-15(9-10-17(16)26-2)27(24,25)22-14-7-8-14/h3-6,9-11,14,18,22H,7-8,20H2,1-2H3,(H,21,23). The van der Waals surface area contributed by atoms with E-state index >= 15 is 0 Å². The summed E-state index contributed by atoms with van der Waals surface area (Å²) in [5.74, 6) is -0.105. The summed E-state index contributed by atoms with van der Waals surface area (Å²) in [6, 6.07) is 10.8. The van der Waals surface area contributed by atoms with E-state index in [2.05, 4.69) is 10.0 Å². The van der Waals surface area contributed by atoms with Crippen molar-refractivity contribution in [3.63, 3.8) is 0 Å². The van der Waals surface area contributed by atoms with E-state index < -0.39 is 22.0 Å². The van der Waals surface area contributed by atoms with Crippen LogP contribution < -0.4 is 20.5 Å². The second kappa shape index (κ2) is 7.67. The Morgan fingerprint density at radius 3 is 2.44 bits per heavy atom. The van der Waals surface area contributed by atoms with Crippen molar-refractivity contribution in [1.29, 1.82) is 0 Å². The van der Waals surface area contributed by atoms with Gasteiger partial charge >= 0.3 is 0 Å². The van der Waals surface area contributed by atoms with Crippen LogP contribution >= 0.6 is 0 Å². The van der Waals surface area contributed by atoms with Crippen molar-refractivity contribution in [3.05, 3.63) is 53.6 Å². The lowest BCUT2D eigenvalue weighted by atomic mass is 10.1. The molecular formula is C19H23N3O4S. The molecule has 1 aliphatic carbocycles. The Kier molecular flexibility index (Phi) is 5.50. The fraction of sp³-hybridized carbons (Fsp3) is 0.316. The zero-order chi connectivity index (χ0) is 19.6. The van der Waals surface area contributed by atoms with E-state index in [9.17, 15) is 13.2 Å². The Labute approximate surface area is 159 Å². The molecule has 1 fully saturated rings. The molecule has 0 aromatic heterocycles. The van der Waals surface area contributed by atoms with Gasteiger partial charge in [0.05, 0.1) is 17.7 Å². The second-order valence-electron chi connectivity index (χ2n) is 6.64. The molecule has 0 bridgehead atoms. The molecule has 2 aromatic carbocycles. The van der Waals surface area contributed by atoms with E-state index in [0.717, 1.165) is 18.4 Å². The molecule has 1 saturated carbocycles. The summed E-state index contributed by atoms with van der Waals surface area (Å²) < 4.78 is 32.7. The van der Waals surface area contributed by atoms with Gasteiger partial charge in [-0.1, -0.05) is 29.8 Å². The average Bonchev–Trinajstić information content (AvgIpc) is 3.45. The van der Waals surface area contributed by atoms with Gasteiger partial charge in [0.15, 0.2) is 0 Å². The van der Waals surface area contributed by atoms with E-state index in [1.807, 2.05) is 19.1 Å². The number of aryl methyl sites for hydroxylation is 1. The molecule has 1 unspecified atom stereocenters. The number of carbonyl (C=O) groups is 1. The highest BCUT2D eigenvalue weighted by atomic mass is 32.2. The maximum absolute atomic E-state index is 12.6. The molecule has 0 radical (unpaired) electrons. The van der Waals surface area contributed by atoms with E-state index in [0.29, 0.717) is 11.3 Å². The summed E-state index contributed by atoms with van der Waals surface area (Å²) in [6.07, 6.45) is 1.68. The molecule has 27 heavy (non-hydrogen) atoms. The van der Waals surface area contributed by atoms with Gasteiger partial charge in [0.25, 0.3) is 0 Å². The summed E-state index contributed by atoms with van der Waals surface area (Å²) in [6.45, 7) is 1.95. The van der Waals surface area contributed by atoms with Gasteiger partial charge < -0.3 is 15.8 Å². The summed E-state index contributed by atoms with van der Waals surface area (Å²) >= 11 is 0. The largest absolute Gasteiger partial charge is 0.495 e. The third-order valence-electron chi connectivity index (χ3n) is 4.36. The number of benzene rings is 2. The molecule has 7 nitrogen and oxygen atoms in total. The highest BCUT2D eigenvalue weighted by Gasteiger charge is 2.28. The number of nitrogens with two attached hydrogens (primary N) is 1. The minimum atomic E-state index is -3.65. The topological polar surface area (TPSA) is 111 Å². The molecule has 0 heterocycles. The Bertz CT molecular complexity index is 938. The van der Waals surface area contributed by atoms with Gasteiger partial charge in [-0.15, -0.1) is 0 Å². The van der Waals surface area contributed by atoms with Crippen LogP contribution in [0.2, 0.25) is 0 Å². The van der Waals surface area contributed by atoms with E-state index in [1.54, 1.807) is 12.1 Å². The first-order valence-electron chi connectivity index (χ1n) is 8.63. The first-order valence-corrected chi connectivity index (χ1v) is 10.1. The summed E-state index contributed by atoms with van der Waals surface area (Å²) in [5, 5.41) is 2.67. The Morgan fingerprint density at radius 1 is 1.19 bits per heavy atom. The third kappa shape index (κ3) is 4.65. The first-order chi connectivity index (χ1) is 12.8. The molecular weight excluding hydrogens is 366 g/mol. The lowest BCUT2D eigenvalue weighted by Crippen LogP contribution is -2.28. The molecule has 3 rings (SSSR count). The number of carbonyl (C=O) groups excluding carboxylic acids is 1. The summed E-state index contributed by atoms with van der Waals surface area (Å²) in [5.41, 5.74) is 8.02. The van der Waals surface area contributed by atoms with Crippen molar-refractivity contribution < 1.29 is 17.9 Å². The quantitative estimate of drug-likeness (QED) is 0.671. The van der Waals surface area contributed by atoms with Crippen LogP contribution in [-0.4, -0.2) is 27.5 Å². The number of methoxy groups -OCH3 is 1. The molecule has 4 N–H and O–H groups in total. The zero-order valence-electron chi connectivity index (χ0n) is 15.2. The molecule has 2 aromatic rings. The first kappa shape index (κ1) is 19.3. The molecule has 0 saturated heterocycles. The van der Waals surface area contributed by atoms with Crippen molar-refractivity contribution >= 4 is 21.6 Å². The number of nitrogens with one attached hydrogen (secondary N) is 2. The Balaban J connectivity index is 1.82. The minimum Gasteiger partial charge on any atom is -0.495 e. The molecule has 0 spiro atoms. The second-order valence-corrected chi connectivity index (χ2v) is 8.35. The van der Waals surface area contributed by atoms with E-state index in [-0.39, 0.29) is 16.6 Å². The van der Waals surface area contributed by atoms with Crippen molar-refractivity contribution in [2.45, 2.75) is 36.7 Å². The van der Waals surface area contributed by atoms with Gasteiger partial charge in [0.1, 0.15) is 11.8 Å². The van der Waals surface area contributed by atoms with Crippen molar-refractivity contribution in [2.24, 2.45) is 5.73 Å². The molecule has 1 amide bonds. The lowest BCUT2D eigenvalue weighted by molar-refractivity contribution is -0.117. The van der Waals surface area contributed by atoms with Gasteiger partial charge in [-0.3, -0.25) is 4.79 Å². The highest BCUT2D eigenvalue weighted by molar-refractivity contribution is 7.89. The third-order valence-corrected chi connectivity index (χ3v) is 5.88. The monoisotopic (exact) mass is 389 g/mol.